The van der Waals surface area contributed by atoms with Crippen molar-refractivity contribution in [1.29, 1.82) is 0 Å². The van der Waals surface area contributed by atoms with Gasteiger partial charge in [-0.15, -0.1) is 0 Å². The fraction of sp³-hybridized carbons (Fsp3) is 0.118. The Morgan fingerprint density at radius 2 is 1.86 bits per heavy atom. The molecule has 1 N–H and O–H groups in total. The number of halogens is 2. The lowest BCUT2D eigenvalue weighted by Crippen LogP contribution is -2.04. The van der Waals surface area contributed by atoms with Crippen LogP contribution < -0.4 is 5.32 Å². The minimum absolute atomic E-state index is 0.252. The number of rotatable bonds is 2. The lowest BCUT2D eigenvalue weighted by atomic mass is 10.1. The van der Waals surface area contributed by atoms with Gasteiger partial charge >= 0.3 is 0 Å². The molecule has 0 amide bonds. The second kappa shape index (κ2) is 5.14. The van der Waals surface area contributed by atoms with E-state index in [0.717, 1.165) is 30.0 Å². The lowest BCUT2D eigenvalue weighted by molar-refractivity contribution is 0.630. The molecule has 3 nitrogen and oxygen atoms in total. The summed E-state index contributed by atoms with van der Waals surface area (Å²) in [7, 11) is 0. The first-order valence-corrected chi connectivity index (χ1v) is 7.48. The number of nitrogens with one attached hydrogen (secondary N) is 1. The highest BCUT2D eigenvalue weighted by Crippen LogP contribution is 2.35. The molecule has 2 heterocycles. The van der Waals surface area contributed by atoms with Gasteiger partial charge in [-0.3, -0.25) is 0 Å². The maximum atomic E-state index is 14.1. The fourth-order valence-electron chi connectivity index (χ4n) is 2.81. The number of anilines is 1. The molecular weight excluding hydrogens is 301 g/mol. The number of hydrogen-bond donors (Lipinski definition) is 1. The highest BCUT2D eigenvalue weighted by molar-refractivity contribution is 6.30. The molecule has 3 aromatic rings. The van der Waals surface area contributed by atoms with Gasteiger partial charge in [0.25, 0.3) is 0 Å². The van der Waals surface area contributed by atoms with E-state index in [2.05, 4.69) is 10.4 Å². The molecule has 22 heavy (non-hydrogen) atoms. The Morgan fingerprint density at radius 3 is 2.64 bits per heavy atom. The van der Waals surface area contributed by atoms with Gasteiger partial charge in [0.1, 0.15) is 17.3 Å². The molecular formula is C17H13ClFN3. The Balaban J connectivity index is 1.90. The van der Waals surface area contributed by atoms with Gasteiger partial charge in [0.05, 0.1) is 5.69 Å². The average molecular weight is 314 g/mol. The molecule has 2 aromatic carbocycles. The third-order valence-electron chi connectivity index (χ3n) is 3.85. The van der Waals surface area contributed by atoms with Crippen molar-refractivity contribution >= 4 is 17.4 Å². The first kappa shape index (κ1) is 13.3. The first-order chi connectivity index (χ1) is 10.7. The van der Waals surface area contributed by atoms with Crippen molar-refractivity contribution in [3.63, 3.8) is 0 Å². The van der Waals surface area contributed by atoms with Crippen LogP contribution in [-0.4, -0.2) is 16.3 Å². The molecule has 0 radical (unpaired) electrons. The van der Waals surface area contributed by atoms with Crippen LogP contribution >= 0.6 is 11.6 Å². The molecule has 1 aromatic heterocycles. The molecule has 1 aliphatic rings. The zero-order chi connectivity index (χ0) is 15.1. The molecule has 0 unspecified atom stereocenters. The zero-order valence-electron chi connectivity index (χ0n) is 11.7. The van der Waals surface area contributed by atoms with E-state index in [9.17, 15) is 4.39 Å². The van der Waals surface area contributed by atoms with Crippen LogP contribution in [0.1, 0.15) is 5.56 Å². The van der Waals surface area contributed by atoms with Gasteiger partial charge in [0, 0.05) is 22.7 Å². The van der Waals surface area contributed by atoms with Crippen molar-refractivity contribution in [2.24, 2.45) is 0 Å². The molecule has 0 spiro atoms. The van der Waals surface area contributed by atoms with E-state index < -0.39 is 0 Å². The van der Waals surface area contributed by atoms with Gasteiger partial charge in [-0.25, -0.2) is 9.07 Å². The topological polar surface area (TPSA) is 29.9 Å². The van der Waals surface area contributed by atoms with Crippen LogP contribution in [0.2, 0.25) is 5.02 Å². The molecule has 0 aliphatic carbocycles. The minimum Gasteiger partial charge on any atom is -0.369 e. The normalized spacial score (nSPS) is 13.0. The molecule has 0 fully saturated rings. The van der Waals surface area contributed by atoms with Crippen molar-refractivity contribution in [3.05, 3.63) is 64.9 Å². The van der Waals surface area contributed by atoms with Crippen LogP contribution in [-0.2, 0) is 6.42 Å². The summed E-state index contributed by atoms with van der Waals surface area (Å²) >= 11 is 5.94. The quantitative estimate of drug-likeness (QED) is 0.764. The van der Waals surface area contributed by atoms with Crippen molar-refractivity contribution in [2.45, 2.75) is 6.42 Å². The van der Waals surface area contributed by atoms with Gasteiger partial charge in [-0.1, -0.05) is 23.7 Å². The van der Waals surface area contributed by atoms with E-state index in [4.69, 9.17) is 11.6 Å². The number of hydrogen-bond acceptors (Lipinski definition) is 2. The molecule has 5 heteroatoms. The van der Waals surface area contributed by atoms with E-state index in [1.165, 1.54) is 6.07 Å². The standard InChI is InChI=1S/C17H13ClFN3/c18-11-5-7-12(8-6-11)22-17-14(9-10-20-17)16(21-22)13-3-1-2-4-15(13)19/h1-8,20H,9-10H2. The largest absolute Gasteiger partial charge is 0.369 e. The van der Waals surface area contributed by atoms with Crippen molar-refractivity contribution < 1.29 is 4.39 Å². The molecule has 4 rings (SSSR count). The molecule has 0 saturated heterocycles. The summed E-state index contributed by atoms with van der Waals surface area (Å²) in [5.41, 5.74) is 3.20. The molecule has 110 valence electrons. The van der Waals surface area contributed by atoms with Crippen LogP contribution in [0.4, 0.5) is 10.2 Å². The summed E-state index contributed by atoms with van der Waals surface area (Å²) in [6.07, 6.45) is 0.840. The van der Waals surface area contributed by atoms with Crippen molar-refractivity contribution in [1.82, 2.24) is 9.78 Å². The number of aromatic nitrogens is 2. The van der Waals surface area contributed by atoms with Crippen LogP contribution in [0.15, 0.2) is 48.5 Å². The van der Waals surface area contributed by atoms with Crippen LogP contribution in [0.3, 0.4) is 0 Å². The number of benzene rings is 2. The Hall–Kier alpha value is -2.33. The average Bonchev–Trinajstić information content (AvgIpc) is 3.11. The second-order valence-corrected chi connectivity index (χ2v) is 5.66. The third kappa shape index (κ3) is 2.07. The summed E-state index contributed by atoms with van der Waals surface area (Å²) < 4.78 is 15.9. The highest BCUT2D eigenvalue weighted by Gasteiger charge is 2.25. The third-order valence-corrected chi connectivity index (χ3v) is 4.10. The minimum atomic E-state index is -0.252. The van der Waals surface area contributed by atoms with Gasteiger partial charge in [-0.2, -0.15) is 5.10 Å². The van der Waals surface area contributed by atoms with E-state index >= 15 is 0 Å². The molecule has 1 aliphatic heterocycles. The van der Waals surface area contributed by atoms with Gasteiger partial charge in [0.2, 0.25) is 0 Å². The Kier molecular flexibility index (Phi) is 3.12. The van der Waals surface area contributed by atoms with Gasteiger partial charge < -0.3 is 5.32 Å². The van der Waals surface area contributed by atoms with Crippen molar-refractivity contribution in [3.8, 4) is 16.9 Å². The second-order valence-electron chi connectivity index (χ2n) is 5.22. The summed E-state index contributed by atoms with van der Waals surface area (Å²) in [5.74, 6) is 0.679. The SMILES string of the molecule is Fc1ccccc1-c1nn(-c2ccc(Cl)cc2)c2c1CCN2. The molecule has 0 atom stereocenters. The highest BCUT2D eigenvalue weighted by atomic mass is 35.5. The fourth-order valence-corrected chi connectivity index (χ4v) is 2.94. The van der Waals surface area contributed by atoms with E-state index in [0.29, 0.717) is 16.3 Å². The maximum Gasteiger partial charge on any atom is 0.133 e. The molecule has 0 saturated carbocycles. The van der Waals surface area contributed by atoms with Crippen LogP contribution in [0.25, 0.3) is 16.9 Å². The summed E-state index contributed by atoms with van der Waals surface area (Å²) in [4.78, 5) is 0. The predicted molar refractivity (Wildman–Crippen MR) is 86.2 cm³/mol. The van der Waals surface area contributed by atoms with Crippen molar-refractivity contribution in [2.75, 3.05) is 11.9 Å². The number of fused-ring (bicyclic) bond motifs is 1. The van der Waals surface area contributed by atoms with Gasteiger partial charge in [0.15, 0.2) is 0 Å². The summed E-state index contributed by atoms with van der Waals surface area (Å²) in [5, 5.41) is 8.65. The first-order valence-electron chi connectivity index (χ1n) is 7.10. The summed E-state index contributed by atoms with van der Waals surface area (Å²) in [6, 6.07) is 14.2. The Labute approximate surface area is 132 Å². The zero-order valence-corrected chi connectivity index (χ0v) is 12.4. The Bertz CT molecular complexity index is 840. The van der Waals surface area contributed by atoms with Crippen LogP contribution in [0, 0.1) is 5.82 Å². The monoisotopic (exact) mass is 313 g/mol. The summed E-state index contributed by atoms with van der Waals surface area (Å²) in [6.45, 7) is 0.836. The van der Waals surface area contributed by atoms with E-state index in [1.807, 2.05) is 35.0 Å². The number of nitrogens with zero attached hydrogens (tertiary/aromatic N) is 2. The maximum absolute atomic E-state index is 14.1. The predicted octanol–water partition coefficient (Wildman–Crippen LogP) is 4.30. The smallest absolute Gasteiger partial charge is 0.133 e. The van der Waals surface area contributed by atoms with Crippen LogP contribution in [0.5, 0.6) is 0 Å². The van der Waals surface area contributed by atoms with E-state index in [1.54, 1.807) is 12.1 Å². The Morgan fingerprint density at radius 1 is 1.09 bits per heavy atom. The van der Waals surface area contributed by atoms with Gasteiger partial charge in [-0.05, 0) is 42.8 Å². The lowest BCUT2D eigenvalue weighted by Gasteiger charge is -2.06. The molecule has 0 bridgehead atoms. The van der Waals surface area contributed by atoms with E-state index in [-0.39, 0.29) is 5.82 Å².